The first-order chi connectivity index (χ1) is 14.4. The van der Waals surface area contributed by atoms with Crippen LogP contribution in [0, 0.1) is 18.6 Å². The normalized spacial score (nSPS) is 16.2. The van der Waals surface area contributed by atoms with Gasteiger partial charge in [-0.2, -0.15) is 4.37 Å². The van der Waals surface area contributed by atoms with E-state index in [4.69, 9.17) is 9.47 Å². The van der Waals surface area contributed by atoms with Gasteiger partial charge in [0.1, 0.15) is 11.6 Å². The second kappa shape index (κ2) is 9.78. The number of halogens is 2. The first kappa shape index (κ1) is 21.9. The van der Waals surface area contributed by atoms with Gasteiger partial charge in [-0.25, -0.2) is 18.4 Å². The lowest BCUT2D eigenvalue weighted by molar-refractivity contribution is 0.0310. The second-order valence-corrected chi connectivity index (χ2v) is 7.26. The van der Waals surface area contributed by atoms with Crippen molar-refractivity contribution in [2.24, 2.45) is 0 Å². The van der Waals surface area contributed by atoms with Gasteiger partial charge in [0.05, 0.1) is 12.7 Å². The molecule has 1 fully saturated rings. The molecule has 3 rings (SSSR count). The van der Waals surface area contributed by atoms with Gasteiger partial charge in [0.25, 0.3) is 0 Å². The Bertz CT molecular complexity index is 934. The Morgan fingerprint density at radius 2 is 2.20 bits per heavy atom. The van der Waals surface area contributed by atoms with Gasteiger partial charge in [0.15, 0.2) is 17.2 Å². The molecule has 1 aromatic heterocycles. The van der Waals surface area contributed by atoms with E-state index in [1.54, 1.807) is 0 Å². The molecule has 2 amide bonds. The molecule has 0 aliphatic carbocycles. The number of aryl methyl sites for hydroxylation is 1. The molecule has 4 N–H and O–H groups in total. The fourth-order valence-corrected chi connectivity index (χ4v) is 3.42. The third-order valence-corrected chi connectivity index (χ3v) is 5.06. The molecule has 9 nitrogen and oxygen atoms in total. The zero-order chi connectivity index (χ0) is 21.7. The highest BCUT2D eigenvalue weighted by molar-refractivity contribution is 7.11. The van der Waals surface area contributed by atoms with Crippen molar-refractivity contribution in [2.45, 2.75) is 19.6 Å². The van der Waals surface area contributed by atoms with E-state index >= 15 is 0 Å². The molecule has 2 heterocycles. The largest absolute Gasteiger partial charge is 0.477 e. The number of ether oxygens (including phenoxy) is 2. The summed E-state index contributed by atoms with van der Waals surface area (Å²) >= 11 is 0.700. The first-order valence-electron chi connectivity index (χ1n) is 9.03. The van der Waals surface area contributed by atoms with Crippen LogP contribution in [0.5, 0.6) is 5.88 Å². The Hall–Kier alpha value is -2.83. The second-order valence-electron chi connectivity index (χ2n) is 6.49. The maximum atomic E-state index is 14.0. The van der Waals surface area contributed by atoms with Gasteiger partial charge in [0, 0.05) is 25.2 Å². The van der Waals surface area contributed by atoms with Gasteiger partial charge < -0.3 is 25.2 Å². The average molecular weight is 442 g/mol. The summed E-state index contributed by atoms with van der Waals surface area (Å²) in [4.78, 5) is 23.7. The van der Waals surface area contributed by atoms with E-state index in [1.807, 2.05) is 0 Å². The number of carboxylic acids is 1. The number of rotatable bonds is 7. The number of carbonyl (C=O) groups is 2. The molecule has 1 aromatic carbocycles. The number of morpholine rings is 1. The minimum Gasteiger partial charge on any atom is -0.477 e. The van der Waals surface area contributed by atoms with Crippen LogP contribution in [-0.4, -0.2) is 53.8 Å². The summed E-state index contributed by atoms with van der Waals surface area (Å²) in [5.41, 5.74) is -0.322. The molecule has 1 aliphatic rings. The predicted octanol–water partition coefficient (Wildman–Crippen LogP) is 2.12. The molecule has 1 atom stereocenters. The number of nitrogens with zero attached hydrogens (tertiary/aromatic N) is 1. The summed E-state index contributed by atoms with van der Waals surface area (Å²) in [7, 11) is 0. The molecule has 12 heteroatoms. The number of urea groups is 1. The predicted molar refractivity (Wildman–Crippen MR) is 104 cm³/mol. The van der Waals surface area contributed by atoms with Crippen molar-refractivity contribution in [3.8, 4) is 5.88 Å². The number of nitrogens with one attached hydrogen (secondary N) is 3. The van der Waals surface area contributed by atoms with Crippen molar-refractivity contribution < 1.29 is 33.0 Å². The SMILES string of the molecule is Cc1ccc(COc2nsc(NC(=O)NCC3CNCCO3)c2C(=O)O)c(F)c1F. The molecule has 0 bridgehead atoms. The Balaban J connectivity index is 1.64. The molecule has 0 saturated carbocycles. The van der Waals surface area contributed by atoms with Crippen LogP contribution in [0.3, 0.4) is 0 Å². The van der Waals surface area contributed by atoms with Crippen LogP contribution in [0.2, 0.25) is 0 Å². The minimum atomic E-state index is -1.38. The molecule has 162 valence electrons. The summed E-state index contributed by atoms with van der Waals surface area (Å²) in [6, 6.07) is 2.10. The van der Waals surface area contributed by atoms with E-state index in [9.17, 15) is 23.5 Å². The molecule has 1 saturated heterocycles. The van der Waals surface area contributed by atoms with Gasteiger partial charge >= 0.3 is 12.0 Å². The lowest BCUT2D eigenvalue weighted by Gasteiger charge is -2.23. The highest BCUT2D eigenvalue weighted by atomic mass is 32.1. The molecular weight excluding hydrogens is 422 g/mol. The molecule has 30 heavy (non-hydrogen) atoms. The van der Waals surface area contributed by atoms with Crippen LogP contribution >= 0.6 is 11.5 Å². The zero-order valence-electron chi connectivity index (χ0n) is 16.0. The number of hydrogen-bond donors (Lipinski definition) is 4. The number of aromatic nitrogens is 1. The summed E-state index contributed by atoms with van der Waals surface area (Å²) in [6.45, 7) is 3.11. The van der Waals surface area contributed by atoms with Crippen LogP contribution in [0.1, 0.15) is 21.5 Å². The van der Waals surface area contributed by atoms with Crippen LogP contribution in [0.25, 0.3) is 0 Å². The lowest BCUT2D eigenvalue weighted by Crippen LogP contribution is -2.46. The monoisotopic (exact) mass is 442 g/mol. The molecule has 0 radical (unpaired) electrons. The van der Waals surface area contributed by atoms with Crippen molar-refractivity contribution in [3.63, 3.8) is 0 Å². The highest BCUT2D eigenvalue weighted by Crippen LogP contribution is 2.31. The van der Waals surface area contributed by atoms with Crippen molar-refractivity contribution >= 4 is 28.5 Å². The number of amides is 2. The van der Waals surface area contributed by atoms with Crippen LogP contribution in [-0.2, 0) is 11.3 Å². The maximum Gasteiger partial charge on any atom is 0.344 e. The molecular formula is C18H20F2N4O5S. The minimum absolute atomic E-state index is 0.0479. The fourth-order valence-electron chi connectivity index (χ4n) is 2.70. The van der Waals surface area contributed by atoms with Gasteiger partial charge in [-0.15, -0.1) is 0 Å². The third-order valence-electron chi connectivity index (χ3n) is 4.32. The zero-order valence-corrected chi connectivity index (χ0v) is 16.8. The van der Waals surface area contributed by atoms with Gasteiger partial charge in [-0.1, -0.05) is 12.1 Å². The van der Waals surface area contributed by atoms with E-state index in [-0.39, 0.29) is 40.2 Å². The molecule has 1 aliphatic heterocycles. The smallest absolute Gasteiger partial charge is 0.344 e. The lowest BCUT2D eigenvalue weighted by atomic mass is 10.1. The van der Waals surface area contributed by atoms with Gasteiger partial charge in [-0.05, 0) is 24.0 Å². The van der Waals surface area contributed by atoms with E-state index in [2.05, 4.69) is 20.3 Å². The standard InChI is InChI=1S/C18H20F2N4O5S/c1-9-2-3-10(14(20)13(9)19)8-29-15-12(17(25)26)16(30-24-15)23-18(27)22-7-11-6-21-4-5-28-11/h2-3,11,21H,4-8H2,1H3,(H,25,26)(H2,22,23,27). The van der Waals surface area contributed by atoms with Crippen molar-refractivity contribution in [2.75, 3.05) is 31.6 Å². The number of carboxylic acid groups (broad SMARTS) is 1. The molecule has 0 spiro atoms. The summed E-state index contributed by atoms with van der Waals surface area (Å²) < 4.78 is 42.3. The summed E-state index contributed by atoms with van der Waals surface area (Å²) in [5.74, 6) is -3.75. The van der Waals surface area contributed by atoms with Crippen molar-refractivity contribution in [3.05, 3.63) is 40.5 Å². The van der Waals surface area contributed by atoms with E-state index in [0.717, 1.165) is 6.54 Å². The van der Waals surface area contributed by atoms with Crippen molar-refractivity contribution in [1.29, 1.82) is 0 Å². The Kier molecular flexibility index (Phi) is 7.13. The van der Waals surface area contributed by atoms with Crippen LogP contribution < -0.4 is 20.7 Å². The Morgan fingerprint density at radius 1 is 1.40 bits per heavy atom. The first-order valence-corrected chi connectivity index (χ1v) is 9.80. The average Bonchev–Trinajstić information content (AvgIpc) is 3.13. The van der Waals surface area contributed by atoms with Crippen LogP contribution in [0.15, 0.2) is 12.1 Å². The Morgan fingerprint density at radius 3 is 2.90 bits per heavy atom. The van der Waals surface area contributed by atoms with E-state index < -0.39 is 30.2 Å². The highest BCUT2D eigenvalue weighted by Gasteiger charge is 2.24. The van der Waals surface area contributed by atoms with Crippen LogP contribution in [0.4, 0.5) is 18.6 Å². The quantitative estimate of drug-likeness (QED) is 0.518. The van der Waals surface area contributed by atoms with E-state index in [0.29, 0.717) is 24.7 Å². The Labute approximate surface area is 174 Å². The summed E-state index contributed by atoms with van der Waals surface area (Å²) in [5, 5.41) is 17.5. The van der Waals surface area contributed by atoms with Gasteiger partial charge in [0.2, 0.25) is 5.88 Å². The van der Waals surface area contributed by atoms with E-state index in [1.165, 1.54) is 19.1 Å². The molecule has 1 unspecified atom stereocenters. The maximum absolute atomic E-state index is 14.0. The fraction of sp³-hybridized carbons (Fsp3) is 0.389. The summed E-state index contributed by atoms with van der Waals surface area (Å²) in [6.07, 6.45) is -0.186. The van der Waals surface area contributed by atoms with Gasteiger partial charge in [-0.3, -0.25) is 5.32 Å². The number of anilines is 1. The number of carbonyl (C=O) groups excluding carboxylic acids is 1. The third kappa shape index (κ3) is 5.20. The number of hydrogen-bond acceptors (Lipinski definition) is 7. The number of benzene rings is 1. The topological polar surface area (TPSA) is 122 Å². The number of aromatic carboxylic acids is 1. The van der Waals surface area contributed by atoms with Crippen molar-refractivity contribution in [1.82, 2.24) is 15.0 Å². The molecule has 2 aromatic rings.